The van der Waals surface area contributed by atoms with E-state index in [1.54, 1.807) is 0 Å². The molecule has 5 aromatic carbocycles. The summed E-state index contributed by atoms with van der Waals surface area (Å²) in [5, 5.41) is 4.09. The molecule has 4 aromatic heterocycles. The summed E-state index contributed by atoms with van der Waals surface area (Å²) in [6.07, 6.45) is 16.3. The molecule has 3 aliphatic carbocycles. The highest BCUT2D eigenvalue weighted by Gasteiger charge is 2.34. The highest BCUT2D eigenvalue weighted by molar-refractivity contribution is 6.14. The summed E-state index contributed by atoms with van der Waals surface area (Å²) in [7, 11) is 0. The van der Waals surface area contributed by atoms with Crippen molar-refractivity contribution in [3.05, 3.63) is 179 Å². The molecular weight excluding hydrogens is 657 g/mol. The Morgan fingerprint density at radius 3 is 1.70 bits per heavy atom. The average molecular weight is 693 g/mol. The summed E-state index contributed by atoms with van der Waals surface area (Å²) < 4.78 is 5.17. The van der Waals surface area contributed by atoms with E-state index >= 15 is 0 Å². The van der Waals surface area contributed by atoms with Crippen molar-refractivity contribution >= 4 is 44.4 Å². The van der Waals surface area contributed by atoms with E-state index in [0.29, 0.717) is 0 Å². The van der Waals surface area contributed by atoms with E-state index in [4.69, 9.17) is 0 Å². The van der Waals surface area contributed by atoms with Crippen molar-refractivity contribution in [2.24, 2.45) is 0 Å². The van der Waals surface area contributed by atoms with Crippen LogP contribution in [0.25, 0.3) is 78.0 Å². The summed E-state index contributed by atoms with van der Waals surface area (Å²) >= 11 is 0. The summed E-state index contributed by atoms with van der Waals surface area (Å²) in [4.78, 5) is 8.60. The largest absolute Gasteiger partial charge is 0.313 e. The Bertz CT molecular complexity index is 3010. The van der Waals surface area contributed by atoms with Gasteiger partial charge in [0.1, 0.15) is 0 Å². The monoisotopic (exact) mass is 692 g/mol. The van der Waals surface area contributed by atoms with Gasteiger partial charge in [-0.1, -0.05) is 42.5 Å². The van der Waals surface area contributed by atoms with Crippen LogP contribution < -0.4 is 0 Å². The van der Waals surface area contributed by atoms with Crippen LogP contribution in [0, 0.1) is 0 Å². The zero-order valence-corrected chi connectivity index (χ0v) is 29.9. The predicted octanol–water partition coefficient (Wildman–Crippen LogP) is 11.5. The topological polar surface area (TPSA) is 35.6 Å². The SMILES string of the molecule is C1=C(c2ccncc2)CCc2c1c1cc3c4c(c1n2-c1ccccc1)CCc1c-4c(cc2c4cc(-c5ccncc5)ccc4n(-c4ccccc4)c12)CC3. The zero-order chi connectivity index (χ0) is 35.3. The maximum absolute atomic E-state index is 4.31. The smallest absolute Gasteiger partial charge is 0.0579 e. The lowest BCUT2D eigenvalue weighted by atomic mass is 9.73. The van der Waals surface area contributed by atoms with Gasteiger partial charge in [0.15, 0.2) is 0 Å². The summed E-state index contributed by atoms with van der Waals surface area (Å²) in [6.45, 7) is 0. The van der Waals surface area contributed by atoms with Crippen molar-refractivity contribution in [3.63, 3.8) is 0 Å². The first-order chi connectivity index (χ1) is 26.8. The molecular formula is C50H36N4. The fourth-order valence-electron chi connectivity index (χ4n) is 10.1. The number of allylic oxidation sites excluding steroid dienone is 1. The quantitative estimate of drug-likeness (QED) is 0.184. The third kappa shape index (κ3) is 4.25. The molecule has 0 spiro atoms. The van der Waals surface area contributed by atoms with E-state index in [-0.39, 0.29) is 0 Å². The lowest BCUT2D eigenvalue weighted by Crippen LogP contribution is -2.16. The maximum Gasteiger partial charge on any atom is 0.0579 e. The lowest BCUT2D eigenvalue weighted by molar-refractivity contribution is 0.870. The summed E-state index contributed by atoms with van der Waals surface area (Å²) in [5.41, 5.74) is 23.4. The van der Waals surface area contributed by atoms with Crippen LogP contribution in [0.5, 0.6) is 0 Å². The van der Waals surface area contributed by atoms with Gasteiger partial charge >= 0.3 is 0 Å². The van der Waals surface area contributed by atoms with Gasteiger partial charge in [0.05, 0.1) is 16.6 Å². The van der Waals surface area contributed by atoms with Gasteiger partial charge in [-0.2, -0.15) is 0 Å². The number of rotatable bonds is 4. The number of hydrogen-bond acceptors (Lipinski definition) is 2. The minimum absolute atomic E-state index is 1.01. The van der Waals surface area contributed by atoms with Crippen LogP contribution in [0.1, 0.15) is 45.5 Å². The van der Waals surface area contributed by atoms with Crippen molar-refractivity contribution in [2.75, 3.05) is 0 Å². The Balaban J connectivity index is 1.16. The van der Waals surface area contributed by atoms with Crippen LogP contribution in [0.3, 0.4) is 0 Å². The summed E-state index contributed by atoms with van der Waals surface area (Å²) in [5.74, 6) is 0. The first-order valence-electron chi connectivity index (χ1n) is 19.3. The van der Waals surface area contributed by atoms with Gasteiger partial charge in [0.25, 0.3) is 0 Å². The lowest BCUT2D eigenvalue weighted by Gasteiger charge is -2.31. The number of nitrogens with zero attached hydrogens (tertiary/aromatic N) is 4. The van der Waals surface area contributed by atoms with Crippen LogP contribution >= 0.6 is 0 Å². The standard InChI is InChI=1S/C50H36N4/c1-3-7-37(8-4-1)53-45-17-13-33(31-19-23-51-24-20-31)27-41(45)43-29-35-11-12-36-30-44-42-28-34(32-21-25-52-26-22-32)14-18-46(42)54(38-9-5-2-6-10-38)50(44)40-16-15-39(49(43)53)47(35)48(36)40/h1-10,13,17,19-30H,11-12,14-16,18H2. The molecule has 0 aliphatic heterocycles. The van der Waals surface area contributed by atoms with E-state index < -0.39 is 0 Å². The second-order valence-corrected chi connectivity index (χ2v) is 15.1. The molecule has 12 rings (SSSR count). The number of aryl methyl sites for hydroxylation is 4. The second kappa shape index (κ2) is 11.5. The molecule has 4 heterocycles. The van der Waals surface area contributed by atoms with Crippen LogP contribution in [-0.4, -0.2) is 19.1 Å². The van der Waals surface area contributed by atoms with Gasteiger partial charge in [-0.05, 0) is 173 Å². The molecule has 0 unspecified atom stereocenters. The number of pyridine rings is 2. The van der Waals surface area contributed by atoms with E-state index in [1.807, 2.05) is 24.8 Å². The third-order valence-electron chi connectivity index (χ3n) is 12.4. The zero-order valence-electron chi connectivity index (χ0n) is 29.9. The molecule has 0 bridgehead atoms. The van der Waals surface area contributed by atoms with Gasteiger partial charge < -0.3 is 9.13 Å². The Morgan fingerprint density at radius 2 is 1.04 bits per heavy atom. The predicted molar refractivity (Wildman–Crippen MR) is 222 cm³/mol. The normalized spacial score (nSPS) is 14.3. The van der Waals surface area contributed by atoms with E-state index in [9.17, 15) is 0 Å². The van der Waals surface area contributed by atoms with Gasteiger partial charge in [0, 0.05) is 63.6 Å². The fraction of sp³-hybridized carbons (Fsp3) is 0.120. The first kappa shape index (κ1) is 30.0. The van der Waals surface area contributed by atoms with Crippen LogP contribution in [0.2, 0.25) is 0 Å². The number of hydrogen-bond donors (Lipinski definition) is 0. The molecule has 0 N–H and O–H groups in total. The molecule has 3 aliphatic rings. The van der Waals surface area contributed by atoms with Crippen LogP contribution in [0.15, 0.2) is 140 Å². The molecule has 4 nitrogen and oxygen atoms in total. The van der Waals surface area contributed by atoms with Crippen LogP contribution in [0.4, 0.5) is 0 Å². The number of para-hydroxylation sites is 2. The Morgan fingerprint density at radius 1 is 0.444 bits per heavy atom. The molecule has 0 radical (unpaired) electrons. The number of aromatic nitrogens is 4. The third-order valence-corrected chi connectivity index (χ3v) is 12.4. The molecule has 4 heteroatoms. The molecule has 9 aromatic rings. The summed E-state index contributed by atoms with van der Waals surface area (Å²) in [6, 6.07) is 42.8. The highest BCUT2D eigenvalue weighted by Crippen LogP contribution is 2.52. The molecule has 0 saturated heterocycles. The molecule has 0 saturated carbocycles. The van der Waals surface area contributed by atoms with Gasteiger partial charge in [-0.15, -0.1) is 0 Å². The molecule has 0 atom stereocenters. The Labute approximate surface area is 313 Å². The van der Waals surface area contributed by atoms with Crippen molar-refractivity contribution < 1.29 is 0 Å². The van der Waals surface area contributed by atoms with Crippen molar-refractivity contribution in [1.29, 1.82) is 0 Å². The van der Waals surface area contributed by atoms with Gasteiger partial charge in [-0.3, -0.25) is 9.97 Å². The first-order valence-corrected chi connectivity index (χ1v) is 19.3. The average Bonchev–Trinajstić information content (AvgIpc) is 3.76. The maximum atomic E-state index is 4.31. The van der Waals surface area contributed by atoms with Crippen molar-refractivity contribution in [2.45, 2.75) is 38.5 Å². The molecule has 0 amide bonds. The van der Waals surface area contributed by atoms with Gasteiger partial charge in [-0.25, -0.2) is 0 Å². The molecule has 54 heavy (non-hydrogen) atoms. The minimum atomic E-state index is 1.01. The minimum Gasteiger partial charge on any atom is -0.313 e. The van der Waals surface area contributed by atoms with Crippen molar-refractivity contribution in [1.82, 2.24) is 19.1 Å². The second-order valence-electron chi connectivity index (χ2n) is 15.1. The number of benzene rings is 5. The van der Waals surface area contributed by atoms with Crippen molar-refractivity contribution in [3.8, 4) is 33.6 Å². The highest BCUT2D eigenvalue weighted by atomic mass is 15.0. The van der Waals surface area contributed by atoms with E-state index in [1.165, 1.54) is 111 Å². The van der Waals surface area contributed by atoms with E-state index in [0.717, 1.165) is 38.5 Å². The number of fused-ring (bicyclic) bond motifs is 8. The molecule has 0 fully saturated rings. The Kier molecular flexibility index (Phi) is 6.38. The Hall–Kier alpha value is -6.52. The molecule has 256 valence electrons. The van der Waals surface area contributed by atoms with E-state index in [2.05, 4.69) is 140 Å². The van der Waals surface area contributed by atoms with Crippen LogP contribution in [-0.2, 0) is 32.1 Å². The van der Waals surface area contributed by atoms with Gasteiger partial charge in [0.2, 0.25) is 0 Å². The fourth-order valence-corrected chi connectivity index (χ4v) is 10.1.